The Bertz CT molecular complexity index is 1370. The fourth-order valence-electron chi connectivity index (χ4n) is 3.59. The molecule has 5 rings (SSSR count). The molecule has 2 heterocycles. The number of ether oxygens (including phenoxy) is 2. The summed E-state index contributed by atoms with van der Waals surface area (Å²) in [6.45, 7) is 0. The predicted octanol–water partition coefficient (Wildman–Crippen LogP) is 5.61. The van der Waals surface area contributed by atoms with Crippen LogP contribution in [0, 0.1) is 0 Å². The first kappa shape index (κ1) is 17.9. The molecule has 0 aliphatic carbocycles. The summed E-state index contributed by atoms with van der Waals surface area (Å²) in [5.41, 5.74) is 4.15. The van der Waals surface area contributed by atoms with Gasteiger partial charge in [-0.3, -0.25) is 4.98 Å². The number of esters is 1. The van der Waals surface area contributed by atoms with Crippen LogP contribution in [0.3, 0.4) is 0 Å². The zero-order valence-electron chi connectivity index (χ0n) is 16.3. The number of H-pyrrole nitrogens is 1. The van der Waals surface area contributed by atoms with Crippen molar-refractivity contribution in [1.29, 1.82) is 0 Å². The van der Waals surface area contributed by atoms with E-state index >= 15 is 0 Å². The molecule has 0 aliphatic heterocycles. The number of hydrogen-bond donors (Lipinski definition) is 1. The van der Waals surface area contributed by atoms with Crippen molar-refractivity contribution in [2.45, 2.75) is 0 Å². The molecule has 0 spiro atoms. The average Bonchev–Trinajstić information content (AvgIpc) is 3.18. The molecule has 146 valence electrons. The van der Waals surface area contributed by atoms with E-state index in [1.165, 1.54) is 0 Å². The molecule has 0 amide bonds. The van der Waals surface area contributed by atoms with E-state index in [2.05, 4.69) is 16.0 Å². The van der Waals surface area contributed by atoms with Crippen molar-refractivity contribution >= 4 is 27.8 Å². The van der Waals surface area contributed by atoms with Crippen LogP contribution in [-0.2, 0) is 0 Å². The van der Waals surface area contributed by atoms with Crippen LogP contribution in [0.1, 0.15) is 10.4 Å². The van der Waals surface area contributed by atoms with Gasteiger partial charge in [0.1, 0.15) is 11.5 Å². The normalized spacial score (nSPS) is 11.0. The van der Waals surface area contributed by atoms with E-state index in [9.17, 15) is 4.79 Å². The molecule has 5 heteroatoms. The number of fused-ring (bicyclic) bond motifs is 3. The van der Waals surface area contributed by atoms with Crippen molar-refractivity contribution in [3.8, 4) is 22.8 Å². The fourth-order valence-corrected chi connectivity index (χ4v) is 3.59. The second-order valence-corrected chi connectivity index (χ2v) is 6.90. The number of hydrogen-bond acceptors (Lipinski definition) is 4. The largest absolute Gasteiger partial charge is 0.497 e. The van der Waals surface area contributed by atoms with E-state index in [1.54, 1.807) is 43.6 Å². The minimum Gasteiger partial charge on any atom is -0.497 e. The van der Waals surface area contributed by atoms with E-state index < -0.39 is 5.97 Å². The molecule has 1 N–H and O–H groups in total. The number of benzene rings is 3. The van der Waals surface area contributed by atoms with Gasteiger partial charge < -0.3 is 14.5 Å². The van der Waals surface area contributed by atoms with Crippen LogP contribution in [0.25, 0.3) is 33.1 Å². The SMILES string of the molecule is COc1ccc(C(=O)Oc2cccc(-c3nccc4c3[nH]c3ccccc34)c2)cc1. The highest BCUT2D eigenvalue weighted by molar-refractivity contribution is 6.10. The summed E-state index contributed by atoms with van der Waals surface area (Å²) >= 11 is 0. The molecule has 0 aliphatic rings. The third-order valence-corrected chi connectivity index (χ3v) is 5.07. The minimum atomic E-state index is -0.424. The van der Waals surface area contributed by atoms with Gasteiger partial charge in [0, 0.05) is 28.0 Å². The van der Waals surface area contributed by atoms with Crippen LogP contribution >= 0.6 is 0 Å². The van der Waals surface area contributed by atoms with Crippen LogP contribution in [0.15, 0.2) is 85.1 Å². The lowest BCUT2D eigenvalue weighted by molar-refractivity contribution is 0.0735. The number of rotatable bonds is 4. The Morgan fingerprint density at radius 1 is 0.867 bits per heavy atom. The Labute approximate surface area is 172 Å². The quantitative estimate of drug-likeness (QED) is 0.318. The zero-order chi connectivity index (χ0) is 20.5. The lowest BCUT2D eigenvalue weighted by Crippen LogP contribution is -2.08. The molecule has 0 bridgehead atoms. The summed E-state index contributed by atoms with van der Waals surface area (Å²) in [5.74, 6) is 0.723. The molecular formula is C25H18N2O3. The predicted molar refractivity (Wildman–Crippen MR) is 117 cm³/mol. The number of para-hydroxylation sites is 1. The maximum atomic E-state index is 12.5. The number of nitrogens with zero attached hydrogens (tertiary/aromatic N) is 1. The van der Waals surface area contributed by atoms with Crippen molar-refractivity contribution in [3.05, 3.63) is 90.6 Å². The van der Waals surface area contributed by atoms with Gasteiger partial charge in [0.2, 0.25) is 0 Å². The first-order chi connectivity index (χ1) is 14.7. The second kappa shape index (κ2) is 7.37. The molecule has 2 aromatic heterocycles. The third-order valence-electron chi connectivity index (χ3n) is 5.07. The molecular weight excluding hydrogens is 376 g/mol. The molecule has 3 aromatic carbocycles. The molecule has 0 atom stereocenters. The van der Waals surface area contributed by atoms with E-state index in [-0.39, 0.29) is 0 Å². The number of pyridine rings is 1. The van der Waals surface area contributed by atoms with Gasteiger partial charge in [-0.2, -0.15) is 0 Å². The highest BCUT2D eigenvalue weighted by Crippen LogP contribution is 2.32. The van der Waals surface area contributed by atoms with Gasteiger partial charge in [0.15, 0.2) is 0 Å². The lowest BCUT2D eigenvalue weighted by Gasteiger charge is -2.08. The van der Waals surface area contributed by atoms with Gasteiger partial charge in [0.05, 0.1) is 23.9 Å². The number of carbonyl (C=O) groups excluding carboxylic acids is 1. The third kappa shape index (κ3) is 3.16. The van der Waals surface area contributed by atoms with Gasteiger partial charge >= 0.3 is 5.97 Å². The fraction of sp³-hybridized carbons (Fsp3) is 0.0400. The average molecular weight is 394 g/mol. The van der Waals surface area contributed by atoms with Gasteiger partial charge in [-0.15, -0.1) is 0 Å². The molecule has 30 heavy (non-hydrogen) atoms. The van der Waals surface area contributed by atoms with E-state index in [4.69, 9.17) is 9.47 Å². The van der Waals surface area contributed by atoms with Gasteiger partial charge in [0.25, 0.3) is 0 Å². The Balaban J connectivity index is 1.50. The molecule has 5 aromatic rings. The molecule has 0 fully saturated rings. The topological polar surface area (TPSA) is 64.2 Å². The monoisotopic (exact) mass is 394 g/mol. The minimum absolute atomic E-state index is 0.424. The second-order valence-electron chi connectivity index (χ2n) is 6.90. The molecule has 5 nitrogen and oxygen atoms in total. The standard InChI is InChI=1S/C25H18N2O3/c1-29-18-11-9-16(10-12-18)25(28)30-19-6-4-5-17(15-19)23-24-21(13-14-26-23)20-7-2-3-8-22(20)27-24/h2-15,27H,1H3. The molecule has 0 saturated heterocycles. The highest BCUT2D eigenvalue weighted by atomic mass is 16.5. The van der Waals surface area contributed by atoms with Gasteiger partial charge in [-0.05, 0) is 48.5 Å². The van der Waals surface area contributed by atoms with E-state index in [1.807, 2.05) is 42.5 Å². The van der Waals surface area contributed by atoms with Crippen LogP contribution < -0.4 is 9.47 Å². The summed E-state index contributed by atoms with van der Waals surface area (Å²) < 4.78 is 10.7. The van der Waals surface area contributed by atoms with Crippen molar-refractivity contribution in [2.24, 2.45) is 0 Å². The molecule has 0 radical (unpaired) electrons. The highest BCUT2D eigenvalue weighted by Gasteiger charge is 2.13. The van der Waals surface area contributed by atoms with Crippen molar-refractivity contribution < 1.29 is 14.3 Å². The number of aromatic nitrogens is 2. The lowest BCUT2D eigenvalue weighted by atomic mass is 10.1. The summed E-state index contributed by atoms with van der Waals surface area (Å²) in [6.07, 6.45) is 1.80. The van der Waals surface area contributed by atoms with Crippen LogP contribution in [0.2, 0.25) is 0 Å². The van der Waals surface area contributed by atoms with Crippen molar-refractivity contribution in [1.82, 2.24) is 9.97 Å². The Morgan fingerprint density at radius 3 is 2.53 bits per heavy atom. The van der Waals surface area contributed by atoms with Crippen molar-refractivity contribution in [3.63, 3.8) is 0 Å². The maximum Gasteiger partial charge on any atom is 0.343 e. The van der Waals surface area contributed by atoms with Gasteiger partial charge in [-0.1, -0.05) is 30.3 Å². The number of nitrogens with one attached hydrogen (secondary N) is 1. The van der Waals surface area contributed by atoms with Crippen LogP contribution in [-0.4, -0.2) is 23.0 Å². The summed E-state index contributed by atoms with van der Waals surface area (Å²) in [5, 5.41) is 2.26. The first-order valence-electron chi connectivity index (χ1n) is 9.55. The first-order valence-corrected chi connectivity index (χ1v) is 9.55. The number of aromatic amines is 1. The number of carbonyl (C=O) groups is 1. The summed E-state index contributed by atoms with van der Waals surface area (Å²) in [7, 11) is 1.58. The molecule has 0 unspecified atom stereocenters. The summed E-state index contributed by atoms with van der Waals surface area (Å²) in [6, 6.07) is 24.4. The number of methoxy groups -OCH3 is 1. The molecule has 0 saturated carbocycles. The van der Waals surface area contributed by atoms with E-state index in [0.717, 1.165) is 33.1 Å². The Kier molecular flexibility index (Phi) is 4.41. The Morgan fingerprint density at radius 2 is 1.70 bits per heavy atom. The summed E-state index contributed by atoms with van der Waals surface area (Å²) in [4.78, 5) is 20.6. The smallest absolute Gasteiger partial charge is 0.343 e. The van der Waals surface area contributed by atoms with E-state index in [0.29, 0.717) is 17.1 Å². The zero-order valence-corrected chi connectivity index (χ0v) is 16.3. The van der Waals surface area contributed by atoms with Crippen molar-refractivity contribution in [2.75, 3.05) is 7.11 Å². The van der Waals surface area contributed by atoms with Gasteiger partial charge in [-0.25, -0.2) is 4.79 Å². The van der Waals surface area contributed by atoms with Crippen LogP contribution in [0.5, 0.6) is 11.5 Å². The van der Waals surface area contributed by atoms with Crippen LogP contribution in [0.4, 0.5) is 0 Å². The maximum absolute atomic E-state index is 12.5. The Hall–Kier alpha value is -4.12.